The number of benzene rings is 4. The van der Waals surface area contributed by atoms with Gasteiger partial charge in [-0.25, -0.2) is 4.79 Å². The Morgan fingerprint density at radius 1 is 0.559 bits per heavy atom. The van der Waals surface area contributed by atoms with Crippen molar-refractivity contribution >= 4 is 28.4 Å². The third-order valence-electron chi connectivity index (χ3n) is 5.52. The van der Waals surface area contributed by atoms with Crippen molar-refractivity contribution in [2.24, 2.45) is 0 Å². The van der Waals surface area contributed by atoms with Gasteiger partial charge in [-0.2, -0.15) is 0 Å². The molecule has 0 unspecified atom stereocenters. The maximum atomic E-state index is 13.1. The average Bonchev–Trinajstić information content (AvgIpc) is 3.24. The molecule has 0 N–H and O–H groups in total. The summed E-state index contributed by atoms with van der Waals surface area (Å²) in [6.45, 7) is 0. The van der Waals surface area contributed by atoms with Crippen LogP contribution in [0.15, 0.2) is 112 Å². The van der Waals surface area contributed by atoms with Crippen LogP contribution in [0, 0.1) is 0 Å². The Morgan fingerprint density at radius 2 is 1.03 bits per heavy atom. The lowest BCUT2D eigenvalue weighted by Gasteiger charge is -2.05. The van der Waals surface area contributed by atoms with Crippen molar-refractivity contribution in [2.45, 2.75) is 0 Å². The maximum Gasteiger partial charge on any atom is 0.366 e. The minimum absolute atomic E-state index is 0.165. The molecule has 6 nitrogen and oxygen atoms in total. The molecule has 5 aromatic rings. The highest BCUT2D eigenvalue weighted by atomic mass is 16.5. The molecule has 0 aliphatic carbocycles. The number of rotatable bonds is 5. The molecule has 6 heteroatoms. The van der Waals surface area contributed by atoms with Crippen LogP contribution in [0.1, 0.15) is 42.2 Å². The first-order valence-corrected chi connectivity index (χ1v) is 10.5. The quantitative estimate of drug-likeness (QED) is 0.363. The minimum atomic E-state index is -0.682. The zero-order valence-corrected chi connectivity index (χ0v) is 17.8. The second-order valence-electron chi connectivity index (χ2n) is 7.68. The molecule has 34 heavy (non-hydrogen) atoms. The molecule has 0 radical (unpaired) electrons. The molecule has 5 rings (SSSR count). The summed E-state index contributed by atoms with van der Waals surface area (Å²) in [5, 5.41) is 0.189. The van der Waals surface area contributed by atoms with E-state index in [0.717, 1.165) is 4.74 Å². The van der Waals surface area contributed by atoms with Crippen LogP contribution in [0.4, 0.5) is 0 Å². The van der Waals surface area contributed by atoms with Crippen LogP contribution in [0.3, 0.4) is 0 Å². The van der Waals surface area contributed by atoms with Gasteiger partial charge in [-0.3, -0.25) is 14.4 Å². The number of hydrogen-bond acceptors (Lipinski definition) is 5. The molecule has 0 atom stereocenters. The highest BCUT2D eigenvalue weighted by molar-refractivity contribution is 6.11. The lowest BCUT2D eigenvalue weighted by Crippen LogP contribution is -2.12. The van der Waals surface area contributed by atoms with E-state index >= 15 is 0 Å². The molecule has 1 aromatic heterocycles. The number of nitrogens with zero attached hydrogens (tertiary/aromatic N) is 1. The second kappa shape index (κ2) is 8.60. The zero-order valence-electron chi connectivity index (χ0n) is 17.8. The second-order valence-corrected chi connectivity index (χ2v) is 7.68. The van der Waals surface area contributed by atoms with E-state index in [2.05, 4.69) is 0 Å². The van der Waals surface area contributed by atoms with Gasteiger partial charge in [0.25, 0.3) is 5.91 Å². The van der Waals surface area contributed by atoms with E-state index in [9.17, 15) is 19.2 Å². The number of carbonyl (C=O) groups is 3. The van der Waals surface area contributed by atoms with Gasteiger partial charge in [0.05, 0.1) is 5.39 Å². The molecule has 0 spiro atoms. The fraction of sp³-hybridized carbons (Fsp3) is 0. The Bertz CT molecular complexity index is 1590. The summed E-state index contributed by atoms with van der Waals surface area (Å²) >= 11 is 0. The van der Waals surface area contributed by atoms with Gasteiger partial charge in [0.1, 0.15) is 5.52 Å². The SMILES string of the molecule is O=C(c1ccccc1)c1ccc(C(=O)n2oc(=O)c3ccc(C(=O)c4ccccc4)cc32)cc1. The summed E-state index contributed by atoms with van der Waals surface area (Å²) in [5.74, 6) is -0.990. The van der Waals surface area contributed by atoms with Crippen LogP contribution in [-0.4, -0.2) is 22.2 Å². The van der Waals surface area contributed by atoms with Crippen LogP contribution in [0.25, 0.3) is 10.9 Å². The number of carbonyl (C=O) groups excluding carboxylic acids is 3. The van der Waals surface area contributed by atoms with Crippen LogP contribution >= 0.6 is 0 Å². The summed E-state index contributed by atoms with van der Waals surface area (Å²) in [6, 6.07) is 28.1. The Labute approximate surface area is 193 Å². The smallest absolute Gasteiger partial charge is 0.327 e. The van der Waals surface area contributed by atoms with E-state index in [1.807, 2.05) is 12.1 Å². The van der Waals surface area contributed by atoms with Gasteiger partial charge >= 0.3 is 5.63 Å². The summed E-state index contributed by atoms with van der Waals surface area (Å²) < 4.78 is 6.08. The number of hydrogen-bond donors (Lipinski definition) is 0. The fourth-order valence-electron chi connectivity index (χ4n) is 3.74. The van der Waals surface area contributed by atoms with Gasteiger partial charge in [-0.15, -0.1) is 4.74 Å². The van der Waals surface area contributed by atoms with Crippen molar-refractivity contribution < 1.29 is 18.9 Å². The van der Waals surface area contributed by atoms with E-state index in [1.165, 1.54) is 30.3 Å². The fourth-order valence-corrected chi connectivity index (χ4v) is 3.74. The molecule has 4 aromatic carbocycles. The Morgan fingerprint density at radius 3 is 1.62 bits per heavy atom. The molecule has 0 aliphatic rings. The predicted octanol–water partition coefficient (Wildman–Crippen LogP) is 4.75. The summed E-state index contributed by atoms with van der Waals surface area (Å²) in [4.78, 5) is 50.9. The molecule has 0 bridgehead atoms. The predicted molar refractivity (Wildman–Crippen MR) is 126 cm³/mol. The topological polar surface area (TPSA) is 86.3 Å². The van der Waals surface area contributed by atoms with Gasteiger partial charge in [0, 0.05) is 27.8 Å². The maximum absolute atomic E-state index is 13.1. The largest absolute Gasteiger partial charge is 0.366 e. The normalized spacial score (nSPS) is 10.8. The summed E-state index contributed by atoms with van der Waals surface area (Å²) in [6.07, 6.45) is 0. The molecule has 1 heterocycles. The molecule has 0 amide bonds. The number of aromatic nitrogens is 1. The van der Waals surface area contributed by atoms with E-state index in [0.29, 0.717) is 22.3 Å². The Kier molecular flexibility index (Phi) is 5.32. The summed E-state index contributed by atoms with van der Waals surface area (Å²) in [7, 11) is 0. The lowest BCUT2D eigenvalue weighted by molar-refractivity contribution is 0.0849. The minimum Gasteiger partial charge on any atom is -0.327 e. The van der Waals surface area contributed by atoms with Crippen LogP contribution < -0.4 is 5.63 Å². The summed E-state index contributed by atoms with van der Waals surface area (Å²) in [5.41, 5.74) is 1.52. The molecular formula is C28H17NO5. The molecular weight excluding hydrogens is 430 g/mol. The lowest BCUT2D eigenvalue weighted by atomic mass is 10.0. The monoisotopic (exact) mass is 447 g/mol. The van der Waals surface area contributed by atoms with E-state index < -0.39 is 11.5 Å². The first-order valence-electron chi connectivity index (χ1n) is 10.5. The molecule has 0 saturated heterocycles. The number of ketones is 2. The van der Waals surface area contributed by atoms with Crippen molar-refractivity contribution in [3.05, 3.63) is 141 Å². The van der Waals surface area contributed by atoms with Crippen LogP contribution in [0.5, 0.6) is 0 Å². The first-order chi connectivity index (χ1) is 16.5. The van der Waals surface area contributed by atoms with Crippen molar-refractivity contribution in [3.8, 4) is 0 Å². The average molecular weight is 447 g/mol. The molecule has 0 fully saturated rings. The zero-order chi connectivity index (χ0) is 23.7. The first kappa shape index (κ1) is 21.0. The van der Waals surface area contributed by atoms with E-state index in [1.54, 1.807) is 60.7 Å². The Hall–Kier alpha value is -4.84. The van der Waals surface area contributed by atoms with Crippen LogP contribution in [-0.2, 0) is 0 Å². The highest BCUT2D eigenvalue weighted by Gasteiger charge is 2.20. The van der Waals surface area contributed by atoms with Crippen molar-refractivity contribution in [1.82, 2.24) is 4.74 Å². The molecule has 164 valence electrons. The third-order valence-corrected chi connectivity index (χ3v) is 5.52. The van der Waals surface area contributed by atoms with E-state index in [4.69, 9.17) is 4.52 Å². The molecule has 0 aliphatic heterocycles. The van der Waals surface area contributed by atoms with Gasteiger partial charge in [0.2, 0.25) is 0 Å². The highest BCUT2D eigenvalue weighted by Crippen LogP contribution is 2.19. The molecule has 0 saturated carbocycles. The van der Waals surface area contributed by atoms with Gasteiger partial charge in [-0.1, -0.05) is 78.9 Å². The third kappa shape index (κ3) is 3.78. The Balaban J connectivity index is 1.49. The van der Waals surface area contributed by atoms with Crippen LogP contribution in [0.2, 0.25) is 0 Å². The van der Waals surface area contributed by atoms with Gasteiger partial charge in [0.15, 0.2) is 11.6 Å². The van der Waals surface area contributed by atoms with Gasteiger partial charge < -0.3 is 4.52 Å². The number of fused-ring (bicyclic) bond motifs is 1. The van der Waals surface area contributed by atoms with Crippen molar-refractivity contribution in [1.29, 1.82) is 0 Å². The van der Waals surface area contributed by atoms with Crippen molar-refractivity contribution in [2.75, 3.05) is 0 Å². The van der Waals surface area contributed by atoms with Gasteiger partial charge in [-0.05, 0) is 24.3 Å². The van der Waals surface area contributed by atoms with Crippen molar-refractivity contribution in [3.63, 3.8) is 0 Å². The standard InChI is InChI=1S/C28H17NO5/c30-25(18-7-3-1-4-8-18)20-11-13-21(14-12-20)27(32)29-24-17-22(15-16-23(24)28(33)34-29)26(31)19-9-5-2-6-10-19/h1-17H. The van der Waals surface area contributed by atoms with E-state index in [-0.39, 0.29) is 28.0 Å².